The Morgan fingerprint density at radius 1 is 1.44 bits per heavy atom. The molecule has 1 rings (SSSR count). The van der Waals surface area contributed by atoms with Crippen molar-refractivity contribution < 1.29 is 13.2 Å². The zero-order chi connectivity index (χ0) is 13.8. The van der Waals surface area contributed by atoms with Gasteiger partial charge in [0.05, 0.1) is 17.4 Å². The van der Waals surface area contributed by atoms with Crippen molar-refractivity contribution in [1.82, 2.24) is 0 Å². The molecular formula is C12H13NO3S2. The predicted molar refractivity (Wildman–Crippen MR) is 71.6 cm³/mol. The molecule has 0 saturated carbocycles. The van der Waals surface area contributed by atoms with Crippen molar-refractivity contribution in [2.24, 2.45) is 0 Å². The lowest BCUT2D eigenvalue weighted by atomic mass is 10.1. The van der Waals surface area contributed by atoms with E-state index in [1.165, 1.54) is 24.9 Å². The summed E-state index contributed by atoms with van der Waals surface area (Å²) >= 11 is 1.28. The summed E-state index contributed by atoms with van der Waals surface area (Å²) in [4.78, 5) is 12.1. The van der Waals surface area contributed by atoms with Gasteiger partial charge in [-0.1, -0.05) is 0 Å². The minimum absolute atomic E-state index is 0.0474. The largest absolute Gasteiger partial charge is 0.294 e. The van der Waals surface area contributed by atoms with Gasteiger partial charge in [0.25, 0.3) is 0 Å². The second-order valence-electron chi connectivity index (χ2n) is 3.86. The third-order valence-corrected chi connectivity index (χ3v) is 4.46. The van der Waals surface area contributed by atoms with Crippen LogP contribution in [0.2, 0.25) is 0 Å². The molecule has 0 bridgehead atoms. The summed E-state index contributed by atoms with van der Waals surface area (Å²) in [6.45, 7) is 1.45. The molecule has 0 radical (unpaired) electrons. The first-order valence-electron chi connectivity index (χ1n) is 5.19. The molecule has 0 spiro atoms. The molecule has 0 amide bonds. The first-order valence-corrected chi connectivity index (χ1v) is 8.23. The van der Waals surface area contributed by atoms with E-state index in [2.05, 4.69) is 0 Å². The van der Waals surface area contributed by atoms with Gasteiger partial charge in [-0.05, 0) is 25.1 Å². The molecule has 0 aliphatic carbocycles. The molecule has 0 aromatic heterocycles. The smallest absolute Gasteiger partial charge is 0.160 e. The summed E-state index contributed by atoms with van der Waals surface area (Å²) < 4.78 is 22.1. The number of sulfone groups is 1. The number of carbonyl (C=O) groups is 1. The van der Waals surface area contributed by atoms with Crippen molar-refractivity contribution in [2.75, 3.05) is 17.8 Å². The molecule has 0 N–H and O–H groups in total. The number of ketones is 1. The van der Waals surface area contributed by atoms with E-state index in [0.717, 1.165) is 0 Å². The Morgan fingerprint density at radius 2 is 2.11 bits per heavy atom. The number of hydrogen-bond donors (Lipinski definition) is 0. The van der Waals surface area contributed by atoms with Gasteiger partial charge in [-0.2, -0.15) is 5.26 Å². The highest BCUT2D eigenvalue weighted by Crippen LogP contribution is 2.24. The molecule has 6 heteroatoms. The maximum Gasteiger partial charge on any atom is 0.160 e. The van der Waals surface area contributed by atoms with Crippen LogP contribution in [0, 0.1) is 11.3 Å². The summed E-state index contributed by atoms with van der Waals surface area (Å²) in [5, 5.41) is 8.81. The van der Waals surface area contributed by atoms with Crippen molar-refractivity contribution in [3.63, 3.8) is 0 Å². The average molecular weight is 283 g/mol. The second-order valence-corrected chi connectivity index (χ2v) is 7.25. The van der Waals surface area contributed by atoms with E-state index in [9.17, 15) is 13.2 Å². The van der Waals surface area contributed by atoms with Crippen molar-refractivity contribution in [1.29, 1.82) is 5.26 Å². The van der Waals surface area contributed by atoms with E-state index in [1.54, 1.807) is 18.2 Å². The number of thioether (sulfide) groups is 1. The third kappa shape index (κ3) is 4.51. The van der Waals surface area contributed by atoms with Crippen LogP contribution in [0.4, 0.5) is 0 Å². The molecule has 0 unspecified atom stereocenters. The van der Waals surface area contributed by atoms with Gasteiger partial charge in [0.2, 0.25) is 0 Å². The van der Waals surface area contributed by atoms with Gasteiger partial charge in [-0.25, -0.2) is 8.42 Å². The molecule has 0 fully saturated rings. The van der Waals surface area contributed by atoms with Gasteiger partial charge < -0.3 is 0 Å². The summed E-state index contributed by atoms with van der Waals surface area (Å²) in [6, 6.07) is 6.79. The maximum atomic E-state index is 11.4. The molecule has 0 aliphatic heterocycles. The Morgan fingerprint density at radius 3 is 2.61 bits per heavy atom. The standard InChI is InChI=1S/C12H13NO3S2/c1-9(14)11-4-3-10(8-13)7-12(11)17-5-6-18(2,15)16/h3-4,7H,5-6H2,1-2H3. The quantitative estimate of drug-likeness (QED) is 0.609. The number of rotatable bonds is 5. The molecule has 96 valence electrons. The lowest BCUT2D eigenvalue weighted by molar-refractivity contribution is 0.101. The van der Waals surface area contributed by atoms with Crippen LogP contribution in [0.5, 0.6) is 0 Å². The van der Waals surface area contributed by atoms with Crippen LogP contribution in [0.15, 0.2) is 23.1 Å². The van der Waals surface area contributed by atoms with Crippen LogP contribution in [0.25, 0.3) is 0 Å². The van der Waals surface area contributed by atoms with E-state index in [-0.39, 0.29) is 11.5 Å². The number of benzene rings is 1. The Labute approximate surface area is 111 Å². The summed E-state index contributed by atoms with van der Waals surface area (Å²) in [5.41, 5.74) is 0.981. The first-order chi connectivity index (χ1) is 8.33. The predicted octanol–water partition coefficient (Wildman–Crippen LogP) is 1.90. The number of nitriles is 1. The van der Waals surface area contributed by atoms with Crippen LogP contribution in [0.3, 0.4) is 0 Å². The highest BCUT2D eigenvalue weighted by molar-refractivity contribution is 8.00. The molecule has 0 aliphatic rings. The molecule has 0 saturated heterocycles. The molecule has 18 heavy (non-hydrogen) atoms. The Balaban J connectivity index is 2.92. The van der Waals surface area contributed by atoms with E-state index >= 15 is 0 Å². The van der Waals surface area contributed by atoms with E-state index in [4.69, 9.17) is 5.26 Å². The lowest BCUT2D eigenvalue weighted by Gasteiger charge is -2.06. The van der Waals surface area contributed by atoms with Crippen LogP contribution in [-0.4, -0.2) is 32.0 Å². The first kappa shape index (κ1) is 14.7. The van der Waals surface area contributed by atoms with Crippen molar-refractivity contribution >= 4 is 27.4 Å². The van der Waals surface area contributed by atoms with Crippen LogP contribution < -0.4 is 0 Å². The molecule has 1 aromatic carbocycles. The lowest BCUT2D eigenvalue weighted by Crippen LogP contribution is -2.05. The average Bonchev–Trinajstić information content (AvgIpc) is 2.26. The highest BCUT2D eigenvalue weighted by atomic mass is 32.2. The highest BCUT2D eigenvalue weighted by Gasteiger charge is 2.10. The zero-order valence-electron chi connectivity index (χ0n) is 10.1. The van der Waals surface area contributed by atoms with Crippen LogP contribution >= 0.6 is 11.8 Å². The number of hydrogen-bond acceptors (Lipinski definition) is 5. The number of nitrogens with zero attached hydrogens (tertiary/aromatic N) is 1. The van der Waals surface area contributed by atoms with Crippen LogP contribution in [-0.2, 0) is 9.84 Å². The van der Waals surface area contributed by atoms with Crippen LogP contribution in [0.1, 0.15) is 22.8 Å². The third-order valence-electron chi connectivity index (χ3n) is 2.20. The fourth-order valence-electron chi connectivity index (χ4n) is 1.31. The number of Topliss-reactive ketones (excluding diaryl/α,β-unsaturated/α-hetero) is 1. The van der Waals surface area contributed by atoms with E-state index in [1.807, 2.05) is 6.07 Å². The zero-order valence-corrected chi connectivity index (χ0v) is 11.8. The van der Waals surface area contributed by atoms with Gasteiger partial charge >= 0.3 is 0 Å². The van der Waals surface area contributed by atoms with Gasteiger partial charge in [-0.3, -0.25) is 4.79 Å². The van der Waals surface area contributed by atoms with Gasteiger partial charge in [0, 0.05) is 22.5 Å². The SMILES string of the molecule is CC(=O)c1ccc(C#N)cc1SCCS(C)(=O)=O. The van der Waals surface area contributed by atoms with Crippen molar-refractivity contribution in [2.45, 2.75) is 11.8 Å². The normalized spacial score (nSPS) is 10.9. The molecule has 0 heterocycles. The minimum Gasteiger partial charge on any atom is -0.294 e. The van der Waals surface area contributed by atoms with Gasteiger partial charge in [-0.15, -0.1) is 11.8 Å². The summed E-state index contributed by atoms with van der Waals surface area (Å²) in [6.07, 6.45) is 1.17. The fraction of sp³-hybridized carbons (Fsp3) is 0.333. The van der Waals surface area contributed by atoms with Crippen molar-refractivity contribution in [3.8, 4) is 6.07 Å². The molecule has 1 aromatic rings. The Hall–Kier alpha value is -1.32. The minimum atomic E-state index is -3.01. The van der Waals surface area contributed by atoms with Gasteiger partial charge in [0.15, 0.2) is 5.78 Å². The Bertz CT molecular complexity index is 600. The summed E-state index contributed by atoms with van der Waals surface area (Å²) in [7, 11) is -3.01. The molecule has 4 nitrogen and oxygen atoms in total. The Kier molecular flexibility index (Phi) is 4.93. The van der Waals surface area contributed by atoms with E-state index < -0.39 is 9.84 Å². The van der Waals surface area contributed by atoms with Gasteiger partial charge in [0.1, 0.15) is 9.84 Å². The topological polar surface area (TPSA) is 75.0 Å². The molecular weight excluding hydrogens is 270 g/mol. The molecule has 0 atom stereocenters. The van der Waals surface area contributed by atoms with Crippen molar-refractivity contribution in [3.05, 3.63) is 29.3 Å². The number of carbonyl (C=O) groups excluding carboxylic acids is 1. The van der Waals surface area contributed by atoms with E-state index in [0.29, 0.717) is 21.8 Å². The maximum absolute atomic E-state index is 11.4. The fourth-order valence-corrected chi connectivity index (χ4v) is 3.65. The summed E-state index contributed by atoms with van der Waals surface area (Å²) in [5.74, 6) is 0.320. The second kappa shape index (κ2) is 6.03. The monoisotopic (exact) mass is 283 g/mol.